The van der Waals surface area contributed by atoms with Gasteiger partial charge in [0, 0.05) is 57.4 Å². The van der Waals surface area contributed by atoms with Crippen molar-refractivity contribution in [1.82, 2.24) is 24.8 Å². The Morgan fingerprint density at radius 2 is 2.03 bits per heavy atom. The number of nitrogen functional groups attached to an aromatic ring is 1. The van der Waals surface area contributed by atoms with Crippen LogP contribution in [0.1, 0.15) is 26.7 Å². The van der Waals surface area contributed by atoms with E-state index in [1.807, 2.05) is 11.8 Å². The maximum atomic E-state index is 15.4. The third-order valence-corrected chi connectivity index (χ3v) is 5.77. The summed E-state index contributed by atoms with van der Waals surface area (Å²) in [4.78, 5) is 31.9. The summed E-state index contributed by atoms with van der Waals surface area (Å²) in [5.41, 5.74) is 5.99. The minimum Gasteiger partial charge on any atom is -0.472 e. The Kier molecular flexibility index (Phi) is 5.86. The molecule has 10 nitrogen and oxygen atoms in total. The Bertz CT molecular complexity index is 953. The zero-order valence-electron chi connectivity index (χ0n) is 17.8. The molecule has 3 heterocycles. The number of hydrogen-bond acceptors (Lipinski definition) is 9. The number of ether oxygens (including phenoxy) is 2. The predicted octanol–water partition coefficient (Wildman–Crippen LogP) is 1.27. The molecule has 0 spiro atoms. The van der Waals surface area contributed by atoms with E-state index in [2.05, 4.69) is 19.9 Å². The minimum absolute atomic E-state index is 0.00843. The molecule has 166 valence electrons. The van der Waals surface area contributed by atoms with Gasteiger partial charge in [-0.05, 0) is 6.92 Å². The Balaban J connectivity index is 1.64. The highest BCUT2D eigenvalue weighted by atomic mass is 19.1. The second-order valence-electron chi connectivity index (χ2n) is 7.93. The molecule has 1 saturated carbocycles. The van der Waals surface area contributed by atoms with E-state index in [4.69, 9.17) is 15.2 Å². The molecule has 2 aliphatic rings. The number of nitrogens with zero attached hydrogens (tertiary/aromatic N) is 6. The Morgan fingerprint density at radius 1 is 1.32 bits per heavy atom. The van der Waals surface area contributed by atoms with Gasteiger partial charge in [-0.3, -0.25) is 4.79 Å². The number of carbonyl (C=O) groups excluding carboxylic acids is 1. The van der Waals surface area contributed by atoms with E-state index < -0.39 is 5.82 Å². The highest BCUT2D eigenvalue weighted by Gasteiger charge is 2.36. The standard InChI is InChI=1S/C20H26FN7O3/c1-11-10-30-5-4-28(11)20-25-17(13-8-23-19(22)24-9-13)16(21)18(26-20)31-15-6-14(7-15)27(3)12(2)29/h8-9,11,14-15H,4-7,10H2,1-3H3,(H2,22,23,24)/t11-,14?,15?/m0/s1. The van der Waals surface area contributed by atoms with Gasteiger partial charge in [-0.15, -0.1) is 0 Å². The number of morpholine rings is 1. The monoisotopic (exact) mass is 431 g/mol. The van der Waals surface area contributed by atoms with E-state index in [-0.39, 0.29) is 41.6 Å². The molecule has 2 N–H and O–H groups in total. The number of hydrogen-bond donors (Lipinski definition) is 1. The second kappa shape index (κ2) is 8.58. The molecule has 0 radical (unpaired) electrons. The molecule has 1 atom stereocenters. The molecule has 4 rings (SSSR count). The van der Waals surface area contributed by atoms with Gasteiger partial charge in [-0.25, -0.2) is 15.0 Å². The summed E-state index contributed by atoms with van der Waals surface area (Å²) in [5, 5.41) is 0. The van der Waals surface area contributed by atoms with Crippen molar-refractivity contribution in [1.29, 1.82) is 0 Å². The summed E-state index contributed by atoms with van der Waals surface area (Å²) < 4.78 is 26.8. The molecule has 0 bridgehead atoms. The van der Waals surface area contributed by atoms with Gasteiger partial charge in [-0.1, -0.05) is 0 Å². The van der Waals surface area contributed by atoms with Crippen LogP contribution < -0.4 is 15.4 Å². The first-order valence-corrected chi connectivity index (χ1v) is 10.2. The number of halogens is 1. The van der Waals surface area contributed by atoms with Crippen LogP contribution in [0.4, 0.5) is 16.3 Å². The first kappa shape index (κ1) is 21.2. The van der Waals surface area contributed by atoms with Crippen molar-refractivity contribution in [2.24, 2.45) is 0 Å². The van der Waals surface area contributed by atoms with Gasteiger partial charge in [-0.2, -0.15) is 9.37 Å². The van der Waals surface area contributed by atoms with Gasteiger partial charge < -0.3 is 25.0 Å². The predicted molar refractivity (Wildman–Crippen MR) is 111 cm³/mol. The molecule has 2 aromatic rings. The van der Waals surface area contributed by atoms with Crippen molar-refractivity contribution in [3.8, 4) is 17.1 Å². The van der Waals surface area contributed by atoms with Crippen molar-refractivity contribution in [2.45, 2.75) is 44.9 Å². The number of nitrogens with two attached hydrogens (primary N) is 1. The van der Waals surface area contributed by atoms with E-state index in [9.17, 15) is 4.79 Å². The summed E-state index contributed by atoms with van der Waals surface area (Å²) in [7, 11) is 1.76. The lowest BCUT2D eigenvalue weighted by Gasteiger charge is -2.40. The minimum atomic E-state index is -0.679. The maximum Gasteiger partial charge on any atom is 0.256 e. The molecule has 0 unspecified atom stereocenters. The zero-order chi connectivity index (χ0) is 22.1. The van der Waals surface area contributed by atoms with Crippen molar-refractivity contribution >= 4 is 17.8 Å². The fraction of sp³-hybridized carbons (Fsp3) is 0.550. The maximum absolute atomic E-state index is 15.4. The molecule has 0 aromatic carbocycles. The fourth-order valence-corrected chi connectivity index (χ4v) is 3.66. The number of carbonyl (C=O) groups is 1. The number of rotatable bonds is 5. The number of aromatic nitrogens is 4. The van der Waals surface area contributed by atoms with E-state index in [0.717, 1.165) is 0 Å². The quantitative estimate of drug-likeness (QED) is 0.746. The van der Waals surface area contributed by atoms with Gasteiger partial charge in [0.25, 0.3) is 5.88 Å². The smallest absolute Gasteiger partial charge is 0.256 e. The fourth-order valence-electron chi connectivity index (χ4n) is 3.66. The lowest BCUT2D eigenvalue weighted by Crippen LogP contribution is -2.49. The lowest BCUT2D eigenvalue weighted by atomic mass is 9.88. The molecule has 1 aliphatic heterocycles. The van der Waals surface area contributed by atoms with Crippen molar-refractivity contribution < 1.29 is 18.7 Å². The van der Waals surface area contributed by atoms with Crippen LogP contribution in [-0.2, 0) is 9.53 Å². The van der Waals surface area contributed by atoms with Crippen LogP contribution >= 0.6 is 0 Å². The van der Waals surface area contributed by atoms with Crippen LogP contribution in [0.5, 0.6) is 5.88 Å². The average molecular weight is 431 g/mol. The van der Waals surface area contributed by atoms with Gasteiger partial charge in [0.2, 0.25) is 23.6 Å². The summed E-state index contributed by atoms with van der Waals surface area (Å²) in [6.07, 6.45) is 3.84. The van der Waals surface area contributed by atoms with Crippen LogP contribution in [0.25, 0.3) is 11.3 Å². The Morgan fingerprint density at radius 3 is 2.68 bits per heavy atom. The SMILES string of the molecule is CC(=O)N(C)C1CC(Oc2nc(N3CCOC[C@@H]3C)nc(-c3cnc(N)nc3)c2F)C1. The summed E-state index contributed by atoms with van der Waals surface area (Å²) in [5.74, 6) is -0.362. The van der Waals surface area contributed by atoms with Gasteiger partial charge >= 0.3 is 0 Å². The van der Waals surface area contributed by atoms with Crippen LogP contribution in [-0.4, -0.2) is 75.7 Å². The highest BCUT2D eigenvalue weighted by molar-refractivity contribution is 5.73. The molecule has 31 heavy (non-hydrogen) atoms. The zero-order valence-corrected chi connectivity index (χ0v) is 17.8. The highest BCUT2D eigenvalue weighted by Crippen LogP contribution is 2.34. The summed E-state index contributed by atoms with van der Waals surface area (Å²) in [6.45, 7) is 5.16. The van der Waals surface area contributed by atoms with Crippen molar-refractivity contribution in [3.05, 3.63) is 18.2 Å². The first-order chi connectivity index (χ1) is 14.8. The average Bonchev–Trinajstić information content (AvgIpc) is 2.72. The molecule has 2 aromatic heterocycles. The van der Waals surface area contributed by atoms with Gasteiger partial charge in [0.15, 0.2) is 0 Å². The van der Waals surface area contributed by atoms with Gasteiger partial charge in [0.05, 0.1) is 19.3 Å². The molecule has 1 saturated heterocycles. The molecular formula is C20H26FN7O3. The van der Waals surface area contributed by atoms with E-state index in [0.29, 0.717) is 44.1 Å². The van der Waals surface area contributed by atoms with Gasteiger partial charge in [0.1, 0.15) is 11.8 Å². The number of anilines is 2. The topological polar surface area (TPSA) is 120 Å². The van der Waals surface area contributed by atoms with E-state index >= 15 is 4.39 Å². The summed E-state index contributed by atoms with van der Waals surface area (Å²) >= 11 is 0. The molecule has 1 amide bonds. The largest absolute Gasteiger partial charge is 0.472 e. The molecule has 11 heteroatoms. The Hall–Kier alpha value is -3.08. The second-order valence-corrected chi connectivity index (χ2v) is 7.93. The first-order valence-electron chi connectivity index (χ1n) is 10.2. The molecule has 2 fully saturated rings. The third kappa shape index (κ3) is 4.36. The van der Waals surface area contributed by atoms with Crippen LogP contribution in [0.2, 0.25) is 0 Å². The Labute approximate surface area is 179 Å². The lowest BCUT2D eigenvalue weighted by molar-refractivity contribution is -0.133. The number of amides is 1. The van der Waals surface area contributed by atoms with Crippen LogP contribution in [0, 0.1) is 5.82 Å². The normalized spacial score (nSPS) is 23.2. The molecule has 1 aliphatic carbocycles. The molecular weight excluding hydrogens is 405 g/mol. The van der Waals surface area contributed by atoms with Crippen molar-refractivity contribution in [2.75, 3.05) is 37.4 Å². The van der Waals surface area contributed by atoms with Crippen LogP contribution in [0.15, 0.2) is 12.4 Å². The third-order valence-electron chi connectivity index (χ3n) is 5.77. The summed E-state index contributed by atoms with van der Waals surface area (Å²) in [6, 6.07) is 0.107. The van der Waals surface area contributed by atoms with Crippen LogP contribution in [0.3, 0.4) is 0 Å². The van der Waals surface area contributed by atoms with Crippen molar-refractivity contribution in [3.63, 3.8) is 0 Å². The van der Waals surface area contributed by atoms with E-state index in [1.165, 1.54) is 19.3 Å². The van der Waals surface area contributed by atoms with E-state index in [1.54, 1.807) is 11.9 Å².